The number of aliphatic carboxylic acids is 1. The van der Waals surface area contributed by atoms with Gasteiger partial charge in [0.1, 0.15) is 6.04 Å². The molecule has 21 heavy (non-hydrogen) atoms. The predicted molar refractivity (Wildman–Crippen MR) is 80.0 cm³/mol. The van der Waals surface area contributed by atoms with E-state index in [1.807, 2.05) is 6.07 Å². The molecule has 1 N–H and O–H groups in total. The van der Waals surface area contributed by atoms with Gasteiger partial charge in [-0.3, -0.25) is 4.79 Å². The number of carbonyl (C=O) groups excluding carboxylic acids is 1. The SMILES string of the molecule is N#Cc1ccc(C[C@@H](C(=O)O)N2CC(CS)CC2=O)cc1. The second-order valence-electron chi connectivity index (χ2n) is 5.17. The van der Waals surface area contributed by atoms with Crippen LogP contribution in [0.15, 0.2) is 24.3 Å². The number of benzene rings is 1. The topological polar surface area (TPSA) is 81.4 Å². The highest BCUT2D eigenvalue weighted by Crippen LogP contribution is 2.23. The van der Waals surface area contributed by atoms with Gasteiger partial charge in [-0.2, -0.15) is 17.9 Å². The Hall–Kier alpha value is -2.00. The Morgan fingerprint density at radius 2 is 2.14 bits per heavy atom. The molecule has 0 spiro atoms. The maximum Gasteiger partial charge on any atom is 0.326 e. The van der Waals surface area contributed by atoms with Crippen molar-refractivity contribution in [3.05, 3.63) is 35.4 Å². The number of nitriles is 1. The summed E-state index contributed by atoms with van der Waals surface area (Å²) >= 11 is 4.18. The highest BCUT2D eigenvalue weighted by molar-refractivity contribution is 7.80. The zero-order valence-corrected chi connectivity index (χ0v) is 12.3. The minimum atomic E-state index is -1.01. The number of amides is 1. The number of hydrogen-bond acceptors (Lipinski definition) is 4. The van der Waals surface area contributed by atoms with Crippen LogP contribution in [0, 0.1) is 17.2 Å². The van der Waals surface area contributed by atoms with Gasteiger partial charge in [-0.05, 0) is 29.4 Å². The van der Waals surface area contributed by atoms with Crippen molar-refractivity contribution in [3.63, 3.8) is 0 Å². The molecule has 1 amide bonds. The molecule has 2 atom stereocenters. The normalized spacial score (nSPS) is 19.3. The first-order valence-corrected chi connectivity index (χ1v) is 7.30. The van der Waals surface area contributed by atoms with Gasteiger partial charge >= 0.3 is 5.97 Å². The fourth-order valence-corrected chi connectivity index (χ4v) is 2.75. The highest BCUT2D eigenvalue weighted by Gasteiger charge is 2.37. The van der Waals surface area contributed by atoms with Gasteiger partial charge in [0, 0.05) is 19.4 Å². The maximum absolute atomic E-state index is 12.0. The van der Waals surface area contributed by atoms with Crippen LogP contribution >= 0.6 is 12.6 Å². The number of nitrogens with zero attached hydrogens (tertiary/aromatic N) is 2. The first kappa shape index (κ1) is 15.4. The number of rotatable bonds is 5. The van der Waals surface area contributed by atoms with E-state index >= 15 is 0 Å². The molecule has 6 heteroatoms. The summed E-state index contributed by atoms with van der Waals surface area (Å²) in [5.41, 5.74) is 1.32. The first-order chi connectivity index (χ1) is 10.0. The summed E-state index contributed by atoms with van der Waals surface area (Å²) in [4.78, 5) is 24.9. The van der Waals surface area contributed by atoms with E-state index < -0.39 is 12.0 Å². The van der Waals surface area contributed by atoms with Crippen LogP contribution < -0.4 is 0 Å². The van der Waals surface area contributed by atoms with Gasteiger partial charge in [-0.15, -0.1) is 0 Å². The highest BCUT2D eigenvalue weighted by atomic mass is 32.1. The minimum absolute atomic E-state index is 0.114. The Kier molecular flexibility index (Phi) is 4.86. The Morgan fingerprint density at radius 1 is 1.48 bits per heavy atom. The van der Waals surface area contributed by atoms with E-state index in [2.05, 4.69) is 12.6 Å². The van der Waals surface area contributed by atoms with Crippen molar-refractivity contribution in [2.75, 3.05) is 12.3 Å². The number of carbonyl (C=O) groups is 2. The van der Waals surface area contributed by atoms with Crippen LogP contribution in [0.5, 0.6) is 0 Å². The van der Waals surface area contributed by atoms with Gasteiger partial charge in [-0.1, -0.05) is 12.1 Å². The summed E-state index contributed by atoms with van der Waals surface area (Å²) in [7, 11) is 0. The summed E-state index contributed by atoms with van der Waals surface area (Å²) in [5, 5.41) is 18.2. The third-order valence-corrected chi connectivity index (χ3v) is 4.19. The Balaban J connectivity index is 2.14. The van der Waals surface area contributed by atoms with Crippen molar-refractivity contribution in [3.8, 4) is 6.07 Å². The molecule has 0 aromatic heterocycles. The van der Waals surface area contributed by atoms with Crippen LogP contribution in [0.3, 0.4) is 0 Å². The van der Waals surface area contributed by atoms with E-state index in [0.717, 1.165) is 5.56 Å². The Labute approximate surface area is 128 Å². The van der Waals surface area contributed by atoms with E-state index in [0.29, 0.717) is 24.3 Å². The zero-order chi connectivity index (χ0) is 15.4. The molecule has 1 aromatic rings. The maximum atomic E-state index is 12.0. The van der Waals surface area contributed by atoms with Crippen molar-refractivity contribution < 1.29 is 14.7 Å². The van der Waals surface area contributed by atoms with Crippen molar-refractivity contribution in [1.29, 1.82) is 5.26 Å². The van der Waals surface area contributed by atoms with Gasteiger partial charge in [0.05, 0.1) is 11.6 Å². The average Bonchev–Trinajstić information content (AvgIpc) is 2.86. The van der Waals surface area contributed by atoms with Gasteiger partial charge in [0.25, 0.3) is 0 Å². The second kappa shape index (κ2) is 6.64. The molecule has 1 fully saturated rings. The predicted octanol–water partition coefficient (Wildman–Crippen LogP) is 1.33. The Morgan fingerprint density at radius 3 is 2.62 bits per heavy atom. The lowest BCUT2D eigenvalue weighted by Crippen LogP contribution is -2.43. The number of hydrogen-bond donors (Lipinski definition) is 2. The molecule has 0 saturated carbocycles. The largest absolute Gasteiger partial charge is 0.480 e. The molecule has 0 bridgehead atoms. The average molecular weight is 304 g/mol. The lowest BCUT2D eigenvalue weighted by Gasteiger charge is -2.24. The number of carboxylic acids is 1. The molecule has 1 unspecified atom stereocenters. The third-order valence-electron chi connectivity index (χ3n) is 3.67. The molecular weight excluding hydrogens is 288 g/mol. The summed E-state index contributed by atoms with van der Waals surface area (Å²) < 4.78 is 0. The molecule has 0 radical (unpaired) electrons. The van der Waals surface area contributed by atoms with Crippen LogP contribution in [0.25, 0.3) is 0 Å². The van der Waals surface area contributed by atoms with Crippen LogP contribution in [0.2, 0.25) is 0 Å². The van der Waals surface area contributed by atoms with E-state index in [1.54, 1.807) is 24.3 Å². The molecule has 1 aliphatic heterocycles. The monoisotopic (exact) mass is 304 g/mol. The van der Waals surface area contributed by atoms with E-state index in [4.69, 9.17) is 5.26 Å². The molecular formula is C15H16N2O3S. The van der Waals surface area contributed by atoms with Crippen molar-refractivity contribution in [2.45, 2.75) is 18.9 Å². The Bertz CT molecular complexity index is 580. The van der Waals surface area contributed by atoms with Gasteiger partial charge < -0.3 is 10.0 Å². The summed E-state index contributed by atoms with van der Waals surface area (Å²) in [6.07, 6.45) is 0.604. The lowest BCUT2D eigenvalue weighted by molar-refractivity contribution is -0.148. The molecule has 1 saturated heterocycles. The molecule has 110 valence electrons. The quantitative estimate of drug-likeness (QED) is 0.804. The molecule has 2 rings (SSSR count). The fourth-order valence-electron chi connectivity index (χ4n) is 2.50. The smallest absolute Gasteiger partial charge is 0.326 e. The van der Waals surface area contributed by atoms with Crippen LogP contribution in [0.1, 0.15) is 17.5 Å². The third kappa shape index (κ3) is 3.56. The number of likely N-dealkylation sites (tertiary alicyclic amines) is 1. The van der Waals surface area contributed by atoms with E-state index in [-0.39, 0.29) is 18.2 Å². The van der Waals surface area contributed by atoms with Crippen molar-refractivity contribution >= 4 is 24.5 Å². The van der Waals surface area contributed by atoms with Crippen LogP contribution in [0.4, 0.5) is 0 Å². The van der Waals surface area contributed by atoms with Crippen molar-refractivity contribution in [1.82, 2.24) is 4.90 Å². The molecule has 1 heterocycles. The standard InChI is InChI=1S/C15H16N2O3S/c16-7-11-3-1-10(2-4-11)5-13(15(19)20)17-8-12(9-21)6-14(17)18/h1-4,12-13,21H,5-6,8-9H2,(H,19,20)/t12?,13-/m0/s1. The molecule has 5 nitrogen and oxygen atoms in total. The van der Waals surface area contributed by atoms with Crippen LogP contribution in [-0.2, 0) is 16.0 Å². The lowest BCUT2D eigenvalue weighted by atomic mass is 10.0. The summed E-state index contributed by atoms with van der Waals surface area (Å²) in [6.45, 7) is 0.440. The van der Waals surface area contributed by atoms with E-state index in [1.165, 1.54) is 4.90 Å². The number of thiol groups is 1. The molecule has 1 aromatic carbocycles. The van der Waals surface area contributed by atoms with Gasteiger partial charge in [-0.25, -0.2) is 4.79 Å². The zero-order valence-electron chi connectivity index (χ0n) is 11.4. The molecule has 0 aliphatic carbocycles. The van der Waals surface area contributed by atoms with Gasteiger partial charge in [0.2, 0.25) is 5.91 Å². The first-order valence-electron chi connectivity index (χ1n) is 6.67. The molecule has 1 aliphatic rings. The summed E-state index contributed by atoms with van der Waals surface area (Å²) in [5.74, 6) is -0.447. The minimum Gasteiger partial charge on any atom is -0.480 e. The van der Waals surface area contributed by atoms with Crippen molar-refractivity contribution in [2.24, 2.45) is 5.92 Å². The van der Waals surface area contributed by atoms with Gasteiger partial charge in [0.15, 0.2) is 0 Å². The number of carboxylic acid groups (broad SMARTS) is 1. The summed E-state index contributed by atoms with van der Waals surface area (Å²) in [6, 6.07) is 7.90. The van der Waals surface area contributed by atoms with Crippen LogP contribution in [-0.4, -0.2) is 40.2 Å². The second-order valence-corrected chi connectivity index (χ2v) is 5.53. The van der Waals surface area contributed by atoms with E-state index in [9.17, 15) is 14.7 Å². The fraction of sp³-hybridized carbons (Fsp3) is 0.400.